The molecule has 2 heterocycles. The first-order valence-electron chi connectivity index (χ1n) is 23.3. The van der Waals surface area contributed by atoms with Crippen molar-refractivity contribution in [3.8, 4) is 45.1 Å². The van der Waals surface area contributed by atoms with Gasteiger partial charge >= 0.3 is 0 Å². The van der Waals surface area contributed by atoms with Crippen LogP contribution in [0.3, 0.4) is 0 Å². The molecule has 0 fully saturated rings. The maximum Gasteiger partial charge on any atom is 0.268 e. The molecule has 0 saturated heterocycles. The van der Waals surface area contributed by atoms with Crippen LogP contribution in [0.15, 0.2) is 188 Å². The molecule has 0 saturated carbocycles. The number of anilines is 3. The van der Waals surface area contributed by atoms with Gasteiger partial charge < -0.3 is 14.2 Å². The van der Waals surface area contributed by atoms with Crippen molar-refractivity contribution < 1.29 is 44.1 Å². The second-order valence-corrected chi connectivity index (χ2v) is 14.2. The van der Waals surface area contributed by atoms with Crippen molar-refractivity contribution in [1.29, 1.82) is 0 Å². The van der Waals surface area contributed by atoms with Crippen LogP contribution in [0, 0.1) is 18.5 Å². The minimum absolute atomic E-state index is 0. The first-order valence-corrected chi connectivity index (χ1v) is 18.3. The fourth-order valence-corrected chi connectivity index (χ4v) is 6.71. The Hall–Kier alpha value is -6.55. The van der Waals surface area contributed by atoms with Crippen LogP contribution >= 0.6 is 0 Å². The molecule has 0 aliphatic carbocycles. The summed E-state index contributed by atoms with van der Waals surface area (Å²) < 4.78 is 96.4. The quantitative estimate of drug-likeness (QED) is 0.107. The molecule has 0 amide bonds. The van der Waals surface area contributed by atoms with Gasteiger partial charge in [-0.1, -0.05) is 148 Å². The zero-order valence-corrected chi connectivity index (χ0v) is 33.9. The summed E-state index contributed by atoms with van der Waals surface area (Å²) in [4.78, 5) is 6.78. The standard InChI is InChI=1S/C52H40N4O.Pt/c1-52(2,3)40-32-33-53-50(34-40)56(41-22-11-6-12-23-41)43-25-16-27-45(36-43)57-44-26-15-24-42(35-44)54-37-55(49-31-14-13-30-48(49)54)51-46(38-18-7-4-8-19-38)28-17-29-47(51)39-20-9-5-10-21-39;/h4-34H,1-3H3;/q-2;/i4D,5D,7D,8D,9D,10D,18D,19D,20D,21D;. The Morgan fingerprint density at radius 3 is 1.98 bits per heavy atom. The van der Waals surface area contributed by atoms with Gasteiger partial charge in [-0.15, -0.1) is 30.3 Å². The van der Waals surface area contributed by atoms with Crippen molar-refractivity contribution in [3.63, 3.8) is 0 Å². The maximum absolute atomic E-state index is 8.98. The molecule has 0 atom stereocenters. The van der Waals surface area contributed by atoms with Crippen LogP contribution in [0.25, 0.3) is 44.7 Å². The number of rotatable bonds is 9. The Morgan fingerprint density at radius 1 is 0.672 bits per heavy atom. The van der Waals surface area contributed by atoms with Crippen molar-refractivity contribution in [2.45, 2.75) is 26.2 Å². The third kappa shape index (κ3) is 7.74. The fraction of sp³-hybridized carbons (Fsp3) is 0.0769. The average Bonchev–Trinajstić information content (AvgIpc) is 3.71. The van der Waals surface area contributed by atoms with E-state index in [2.05, 4.69) is 45.3 Å². The second-order valence-electron chi connectivity index (χ2n) is 14.2. The third-order valence-electron chi connectivity index (χ3n) is 9.42. The van der Waals surface area contributed by atoms with E-state index in [1.54, 1.807) is 57.7 Å². The molecule has 9 rings (SSSR count). The van der Waals surface area contributed by atoms with Gasteiger partial charge in [0.05, 0.1) is 30.4 Å². The van der Waals surface area contributed by atoms with Crippen LogP contribution in [0.1, 0.15) is 40.0 Å². The van der Waals surface area contributed by atoms with Crippen molar-refractivity contribution in [2.75, 3.05) is 4.90 Å². The molecule has 0 N–H and O–H groups in total. The largest absolute Gasteiger partial charge is 0.510 e. The van der Waals surface area contributed by atoms with Crippen LogP contribution in [0.4, 0.5) is 17.2 Å². The van der Waals surface area contributed by atoms with Crippen molar-refractivity contribution in [1.82, 2.24) is 9.55 Å². The summed E-state index contributed by atoms with van der Waals surface area (Å²) in [5, 5.41) is 0. The van der Waals surface area contributed by atoms with E-state index < -0.39 is 60.4 Å². The number of aromatic nitrogens is 3. The van der Waals surface area contributed by atoms with Gasteiger partial charge in [0.25, 0.3) is 6.33 Å². The molecule has 0 spiro atoms. The topological polar surface area (TPSA) is 34.2 Å². The Balaban J connectivity index is 0.00000625. The van der Waals surface area contributed by atoms with Crippen LogP contribution in [-0.2, 0) is 26.5 Å². The summed E-state index contributed by atoms with van der Waals surface area (Å²) in [6.07, 6.45) is 5.20. The van der Waals surface area contributed by atoms with E-state index in [0.717, 1.165) is 11.3 Å². The van der Waals surface area contributed by atoms with Crippen LogP contribution in [-0.4, -0.2) is 9.55 Å². The SMILES string of the molecule is [2H]c1c([2H])c([2H])c(-c2cccc(-c3c([2H])c([2H])c([2H])c([2H])c3[2H])c2-[n+]2[c-]n(-c3[c-]c(Oc4[c-]c(N(c5ccccc5)c5cc(C(C)(C)C)ccn5)ccc4)ccc3)c3ccccc32)c([2H])c1[2H].[Pt]. The summed E-state index contributed by atoms with van der Waals surface area (Å²) in [7, 11) is 0. The van der Waals surface area contributed by atoms with Crippen molar-refractivity contribution in [2.24, 2.45) is 0 Å². The normalized spacial score (nSPS) is 13.6. The zero-order chi connectivity index (χ0) is 47.5. The maximum atomic E-state index is 8.98. The van der Waals surface area contributed by atoms with Crippen LogP contribution in [0.2, 0.25) is 0 Å². The monoisotopic (exact) mass is 941 g/mol. The Labute approximate surface area is 368 Å². The minimum Gasteiger partial charge on any atom is -0.510 e. The molecule has 6 heteroatoms. The van der Waals surface area contributed by atoms with E-state index >= 15 is 0 Å². The fourth-order valence-electron chi connectivity index (χ4n) is 6.71. The average molecular weight is 942 g/mol. The molecule has 0 unspecified atom stereocenters. The Kier molecular flexibility index (Phi) is 7.95. The van der Waals surface area contributed by atoms with Crippen molar-refractivity contribution in [3.05, 3.63) is 212 Å². The number of ether oxygens (including phenoxy) is 1. The molecular weight excluding hydrogens is 892 g/mol. The molecule has 5 nitrogen and oxygen atoms in total. The second kappa shape index (κ2) is 16.5. The number of hydrogen-bond acceptors (Lipinski definition) is 3. The molecule has 0 radical (unpaired) electrons. The smallest absolute Gasteiger partial charge is 0.268 e. The van der Waals surface area contributed by atoms with Gasteiger partial charge in [0.15, 0.2) is 0 Å². The Bertz CT molecular complexity index is 3270. The van der Waals surface area contributed by atoms with E-state index in [9.17, 15) is 0 Å². The molecule has 9 aromatic rings. The summed E-state index contributed by atoms with van der Waals surface area (Å²) in [5.74, 6) is 1.47. The minimum atomic E-state index is -0.573. The van der Waals surface area contributed by atoms with Crippen LogP contribution in [0.5, 0.6) is 11.5 Å². The summed E-state index contributed by atoms with van der Waals surface area (Å²) in [5.41, 5.74) is 4.38. The summed E-state index contributed by atoms with van der Waals surface area (Å²) in [6, 6.07) is 38.5. The van der Waals surface area contributed by atoms with E-state index in [4.69, 9.17) is 23.4 Å². The first-order chi connectivity index (χ1) is 32.0. The van der Waals surface area contributed by atoms with Gasteiger partial charge in [-0.25, -0.2) is 4.98 Å². The van der Waals surface area contributed by atoms with Gasteiger partial charge in [-0.2, -0.15) is 18.2 Å². The van der Waals surface area contributed by atoms with Gasteiger partial charge in [-0.05, 0) is 63.2 Å². The molecule has 0 aliphatic heterocycles. The van der Waals surface area contributed by atoms with Gasteiger partial charge in [0.1, 0.15) is 5.82 Å². The van der Waals surface area contributed by atoms with Crippen LogP contribution < -0.4 is 14.2 Å². The molecule has 286 valence electrons. The number of imidazole rings is 1. The van der Waals surface area contributed by atoms with E-state index in [0.29, 0.717) is 39.7 Å². The molecule has 0 bridgehead atoms. The number of para-hydroxylation sites is 4. The third-order valence-corrected chi connectivity index (χ3v) is 9.42. The molecule has 0 aliphatic rings. The molecule has 2 aromatic heterocycles. The van der Waals surface area contributed by atoms with Gasteiger partial charge in [0.2, 0.25) is 0 Å². The molecular formula is C52H40N4OPt-2. The first kappa shape index (κ1) is 27.9. The zero-order valence-electron chi connectivity index (χ0n) is 41.6. The van der Waals surface area contributed by atoms with E-state index in [1.165, 1.54) is 0 Å². The number of benzene rings is 7. The number of nitrogens with zero attached hydrogens (tertiary/aromatic N) is 4. The summed E-state index contributed by atoms with van der Waals surface area (Å²) in [6.45, 7) is 6.47. The number of pyridine rings is 1. The van der Waals surface area contributed by atoms with Gasteiger partial charge in [-0.3, -0.25) is 4.57 Å². The van der Waals surface area contributed by atoms with E-state index in [1.807, 2.05) is 77.8 Å². The van der Waals surface area contributed by atoms with Crippen molar-refractivity contribution >= 4 is 28.2 Å². The predicted octanol–water partition coefficient (Wildman–Crippen LogP) is 12.6. The molecule has 7 aromatic carbocycles. The molecule has 58 heavy (non-hydrogen) atoms. The number of hydrogen-bond donors (Lipinski definition) is 0. The predicted molar refractivity (Wildman–Crippen MR) is 230 cm³/mol. The van der Waals surface area contributed by atoms with Gasteiger partial charge in [0, 0.05) is 44.4 Å². The Morgan fingerprint density at radius 2 is 1.29 bits per heavy atom. The number of fused-ring (bicyclic) bond motifs is 1. The summed E-state index contributed by atoms with van der Waals surface area (Å²) >= 11 is 0. The van der Waals surface area contributed by atoms with E-state index in [-0.39, 0.29) is 54.4 Å².